The molecule has 11 atom stereocenters. The quantitative estimate of drug-likeness (QED) is 0.154. The van der Waals surface area contributed by atoms with Gasteiger partial charge in [-0.25, -0.2) is 4.79 Å². The Hall–Kier alpha value is -6.12. The predicted octanol–water partition coefficient (Wildman–Crippen LogP) is 2.46. The van der Waals surface area contributed by atoms with E-state index in [1.165, 1.54) is 40.7 Å². The van der Waals surface area contributed by atoms with Gasteiger partial charge in [0.15, 0.2) is 6.10 Å². The molecule has 1 aromatic rings. The van der Waals surface area contributed by atoms with E-state index in [-0.39, 0.29) is 70.0 Å². The first-order chi connectivity index (χ1) is 35.8. The average Bonchev–Trinajstić information content (AvgIpc) is 4.12. The first kappa shape index (κ1) is 60.7. The van der Waals surface area contributed by atoms with Crippen molar-refractivity contribution in [1.82, 2.24) is 35.6 Å². The van der Waals surface area contributed by atoms with E-state index in [4.69, 9.17) is 14.2 Å². The normalized spacial score (nSPS) is 28.5. The molecule has 76 heavy (non-hydrogen) atoms. The largest absolute Gasteiger partial charge is 0.497 e. The number of fused-ring (bicyclic) bond motifs is 1. The SMILES string of the molecule is CC[C@H](C)[C@@H]1NC(=O)[C@@H](NC(=O)[C@@H](CC(C)C)N2CC[C@]3(CCCN3C(=O)C(C)=O)C2=O)[C@@H](C)OC(=O)[C@H](Cc2ccc(OC)cc2)N(C)C(=O)[C@@H]2CCCN2C(=O)[C@H](CC(C)C)NC(=O)[C@H](C(C)C)OC(=O)C[C@@H]1O. The smallest absolute Gasteiger partial charge is 0.329 e. The van der Waals surface area contributed by atoms with Crippen LogP contribution in [0.15, 0.2) is 24.3 Å². The number of hydrogen-bond acceptors (Lipinski definition) is 14. The minimum absolute atomic E-state index is 0.0558. The fraction of sp³-hybridized carbons (Fsp3) is 0.709. The summed E-state index contributed by atoms with van der Waals surface area (Å²) in [6.45, 7) is 17.2. The Labute approximate surface area is 447 Å². The molecular formula is C55H83N7O14. The molecular weight excluding hydrogens is 983 g/mol. The van der Waals surface area contributed by atoms with Gasteiger partial charge in [-0.3, -0.25) is 43.2 Å². The molecule has 1 aromatic carbocycles. The van der Waals surface area contributed by atoms with Crippen LogP contribution < -0.4 is 20.7 Å². The number of esters is 2. The lowest BCUT2D eigenvalue weighted by atomic mass is 9.92. The maximum atomic E-state index is 15.0. The molecule has 0 radical (unpaired) electrons. The minimum Gasteiger partial charge on any atom is -0.497 e. The molecule has 4 heterocycles. The number of nitrogens with zero attached hydrogens (tertiary/aromatic N) is 4. The van der Waals surface area contributed by atoms with Gasteiger partial charge in [-0.1, -0.05) is 73.9 Å². The summed E-state index contributed by atoms with van der Waals surface area (Å²) in [5.41, 5.74) is -0.740. The Morgan fingerprint density at radius 1 is 0.868 bits per heavy atom. The van der Waals surface area contributed by atoms with Crippen LogP contribution >= 0.6 is 0 Å². The van der Waals surface area contributed by atoms with Crippen molar-refractivity contribution in [2.75, 3.05) is 33.8 Å². The van der Waals surface area contributed by atoms with Gasteiger partial charge in [0.2, 0.25) is 35.3 Å². The van der Waals surface area contributed by atoms with Crippen LogP contribution in [0.4, 0.5) is 0 Å². The van der Waals surface area contributed by atoms with Gasteiger partial charge in [0.05, 0.1) is 25.7 Å². The standard InChI is InChI=1S/C55H83N7O14/c1-13-33(8)44-42(64)29-43(65)76-46(32(6)7)49(68)56-38(26-30(2)3)51(70)60-23-14-16-39(60)52(71)59(11)41(28-36-17-19-37(74-12)20-18-36)53(72)75-35(10)45(48(67)57-44)58-47(66)40(27-31(4)5)61-25-22-55(54(61)73)21-15-24-62(55)50(69)34(9)63/h17-20,30-33,35,38-42,44-46,64H,13-16,21-29H2,1-12H3,(H,56,68)(H,57,67)(H,58,66)/t33-,35+,38-,39-,40+,41-,42-,44-,45-,46-,55+/m0/s1. The van der Waals surface area contributed by atoms with E-state index in [0.717, 1.165) is 6.92 Å². The Morgan fingerprint density at radius 3 is 2.13 bits per heavy atom. The molecule has 4 saturated heterocycles. The summed E-state index contributed by atoms with van der Waals surface area (Å²) < 4.78 is 17.3. The van der Waals surface area contributed by atoms with Crippen molar-refractivity contribution < 1.29 is 67.3 Å². The van der Waals surface area contributed by atoms with Crippen molar-refractivity contribution in [2.24, 2.45) is 23.7 Å². The second-order valence-corrected chi connectivity index (χ2v) is 22.4. The van der Waals surface area contributed by atoms with Gasteiger partial charge in [-0.15, -0.1) is 0 Å². The number of carbonyl (C=O) groups is 10. The molecule has 0 aliphatic carbocycles. The van der Waals surface area contributed by atoms with Gasteiger partial charge in [-0.2, -0.15) is 0 Å². The number of ketones is 1. The molecule has 422 valence electrons. The van der Waals surface area contributed by atoms with Gasteiger partial charge in [-0.05, 0) is 93.2 Å². The van der Waals surface area contributed by atoms with Gasteiger partial charge >= 0.3 is 11.9 Å². The van der Waals surface area contributed by atoms with Gasteiger partial charge in [0, 0.05) is 40.0 Å². The maximum absolute atomic E-state index is 15.0. The number of benzene rings is 1. The number of hydrogen-bond donors (Lipinski definition) is 4. The van der Waals surface area contributed by atoms with Gasteiger partial charge in [0.25, 0.3) is 11.8 Å². The van der Waals surface area contributed by atoms with E-state index in [9.17, 15) is 53.1 Å². The molecule has 0 bridgehead atoms. The summed E-state index contributed by atoms with van der Waals surface area (Å²) in [4.78, 5) is 147. The van der Waals surface area contributed by atoms with Crippen molar-refractivity contribution in [3.8, 4) is 5.75 Å². The second-order valence-electron chi connectivity index (χ2n) is 22.4. The number of likely N-dealkylation sites (tertiary alicyclic amines) is 2. The molecule has 21 nitrogen and oxygen atoms in total. The molecule has 21 heteroatoms. The van der Waals surface area contributed by atoms with Crippen LogP contribution in [0.1, 0.15) is 133 Å². The zero-order valence-electron chi connectivity index (χ0n) is 46.6. The summed E-state index contributed by atoms with van der Waals surface area (Å²) >= 11 is 0. The van der Waals surface area contributed by atoms with Crippen molar-refractivity contribution in [2.45, 2.75) is 194 Å². The van der Waals surface area contributed by atoms with E-state index in [0.29, 0.717) is 30.6 Å². The Kier molecular flexibility index (Phi) is 21.0. The first-order valence-corrected chi connectivity index (χ1v) is 27.1. The van der Waals surface area contributed by atoms with E-state index < -0.39 is 137 Å². The fourth-order valence-electron chi connectivity index (χ4n) is 11.0. The molecule has 5 rings (SSSR count). The van der Waals surface area contributed by atoms with Crippen LogP contribution in [0.25, 0.3) is 0 Å². The fourth-order valence-corrected chi connectivity index (χ4v) is 11.0. The molecule has 0 aromatic heterocycles. The van der Waals surface area contributed by atoms with Crippen LogP contribution in [0.5, 0.6) is 5.75 Å². The highest BCUT2D eigenvalue weighted by atomic mass is 16.6. The lowest BCUT2D eigenvalue weighted by molar-refractivity contribution is -0.162. The van der Waals surface area contributed by atoms with Gasteiger partial charge < -0.3 is 54.9 Å². The molecule has 4 fully saturated rings. The molecule has 1 spiro atoms. The summed E-state index contributed by atoms with van der Waals surface area (Å²) in [6, 6.07) is -0.857. The second kappa shape index (κ2) is 26.3. The average molecular weight is 1070 g/mol. The van der Waals surface area contributed by atoms with Crippen molar-refractivity contribution in [3.05, 3.63) is 29.8 Å². The van der Waals surface area contributed by atoms with Crippen LogP contribution in [-0.4, -0.2) is 178 Å². The summed E-state index contributed by atoms with van der Waals surface area (Å²) in [5.74, 6) is -8.41. The number of aliphatic hydroxyl groups excluding tert-OH is 1. The molecule has 0 unspecified atom stereocenters. The highest BCUT2D eigenvalue weighted by molar-refractivity contribution is 6.35. The summed E-state index contributed by atoms with van der Waals surface area (Å²) in [6.07, 6.45) is -3.04. The number of likely N-dealkylation sites (N-methyl/N-ethyl adjacent to an activating group) is 1. The topological polar surface area (TPSA) is 268 Å². The van der Waals surface area contributed by atoms with Crippen LogP contribution in [0.2, 0.25) is 0 Å². The van der Waals surface area contributed by atoms with Crippen LogP contribution in [0, 0.1) is 23.7 Å². The molecule has 0 saturated carbocycles. The highest BCUT2D eigenvalue weighted by Gasteiger charge is 2.57. The molecule has 7 amide bonds. The van der Waals surface area contributed by atoms with E-state index >= 15 is 0 Å². The maximum Gasteiger partial charge on any atom is 0.329 e. The van der Waals surface area contributed by atoms with E-state index in [1.807, 2.05) is 27.7 Å². The molecule has 4 N–H and O–H groups in total. The van der Waals surface area contributed by atoms with Crippen molar-refractivity contribution >= 4 is 59.1 Å². The number of aliphatic hydroxyl groups is 1. The number of nitrogens with one attached hydrogen (secondary N) is 3. The van der Waals surface area contributed by atoms with Crippen molar-refractivity contribution in [1.29, 1.82) is 0 Å². The number of Topliss-reactive ketones (excluding diaryl/α,β-unsaturated/α-hetero) is 1. The van der Waals surface area contributed by atoms with Crippen molar-refractivity contribution in [3.63, 3.8) is 0 Å². The third-order valence-electron chi connectivity index (χ3n) is 15.5. The number of ether oxygens (including phenoxy) is 3. The third-order valence-corrected chi connectivity index (χ3v) is 15.5. The zero-order chi connectivity index (χ0) is 56.5. The zero-order valence-corrected chi connectivity index (χ0v) is 46.6. The third kappa shape index (κ3) is 14.1. The number of amides is 7. The number of carbonyl (C=O) groups excluding carboxylic acids is 10. The molecule has 4 aliphatic heterocycles. The Balaban J connectivity index is 1.61. The number of methoxy groups -OCH3 is 1. The van der Waals surface area contributed by atoms with Crippen LogP contribution in [0.3, 0.4) is 0 Å². The van der Waals surface area contributed by atoms with Crippen LogP contribution in [-0.2, 0) is 63.8 Å². The van der Waals surface area contributed by atoms with E-state index in [1.54, 1.807) is 52.0 Å². The minimum atomic E-state index is -1.72. The molecule has 4 aliphatic rings. The number of cyclic esters (lactones) is 2. The summed E-state index contributed by atoms with van der Waals surface area (Å²) in [5, 5.41) is 20.2. The predicted molar refractivity (Wildman–Crippen MR) is 278 cm³/mol. The lowest BCUT2D eigenvalue weighted by Gasteiger charge is -2.36. The van der Waals surface area contributed by atoms with Gasteiger partial charge in [0.1, 0.15) is 47.6 Å². The first-order valence-electron chi connectivity index (χ1n) is 27.1. The Bertz CT molecular complexity index is 2310. The Morgan fingerprint density at radius 2 is 1.54 bits per heavy atom. The lowest BCUT2D eigenvalue weighted by Crippen LogP contribution is -2.62. The summed E-state index contributed by atoms with van der Waals surface area (Å²) in [7, 11) is 2.92. The monoisotopic (exact) mass is 1070 g/mol. The highest BCUT2D eigenvalue weighted by Crippen LogP contribution is 2.40. The van der Waals surface area contributed by atoms with E-state index in [2.05, 4.69) is 16.0 Å². The number of rotatable bonds is 14.